The second kappa shape index (κ2) is 47.1. The maximum Gasteiger partial charge on any atom is 0.306 e. The average Bonchev–Trinajstić information content (AvgIpc) is 3.22. The van der Waals surface area contributed by atoms with Gasteiger partial charge in [-0.25, -0.2) is 0 Å². The fraction of sp³-hybridized carbons (Fsp3) is 0.788. The van der Waals surface area contributed by atoms with Crippen LogP contribution in [-0.4, -0.2) is 37.2 Å². The van der Waals surface area contributed by atoms with Crippen molar-refractivity contribution in [2.24, 2.45) is 0 Å². The van der Waals surface area contributed by atoms with E-state index in [0.29, 0.717) is 19.3 Å². The van der Waals surface area contributed by atoms with Crippen molar-refractivity contribution in [1.82, 2.24) is 0 Å². The molecule has 0 aromatic rings. The van der Waals surface area contributed by atoms with Gasteiger partial charge in [-0.15, -0.1) is 0 Å². The van der Waals surface area contributed by atoms with E-state index in [1.807, 2.05) is 0 Å². The van der Waals surface area contributed by atoms with E-state index in [1.54, 1.807) is 0 Å². The zero-order valence-electron chi connectivity index (χ0n) is 38.3. The molecular weight excluding hydrogens is 721 g/mol. The summed E-state index contributed by atoms with van der Waals surface area (Å²) in [5, 5.41) is 0. The van der Waals surface area contributed by atoms with Gasteiger partial charge in [0.1, 0.15) is 13.2 Å². The molecule has 0 heterocycles. The number of ether oxygens (including phenoxy) is 3. The predicted octanol–water partition coefficient (Wildman–Crippen LogP) is 15.9. The molecule has 0 saturated heterocycles. The molecule has 0 radical (unpaired) electrons. The van der Waals surface area contributed by atoms with Crippen LogP contribution in [0.25, 0.3) is 0 Å². The van der Waals surface area contributed by atoms with E-state index in [2.05, 4.69) is 69.4 Å². The lowest BCUT2D eigenvalue weighted by atomic mass is 10.1. The van der Waals surface area contributed by atoms with Crippen LogP contribution < -0.4 is 0 Å². The molecule has 6 nitrogen and oxygen atoms in total. The van der Waals surface area contributed by atoms with Crippen molar-refractivity contribution in [1.29, 1.82) is 0 Å². The van der Waals surface area contributed by atoms with Crippen LogP contribution in [-0.2, 0) is 28.6 Å². The highest BCUT2D eigenvalue weighted by Crippen LogP contribution is 2.14. The topological polar surface area (TPSA) is 78.9 Å². The van der Waals surface area contributed by atoms with Crippen molar-refractivity contribution in [2.45, 2.75) is 252 Å². The summed E-state index contributed by atoms with van der Waals surface area (Å²) in [5.41, 5.74) is 0. The average molecular weight is 813 g/mol. The van der Waals surface area contributed by atoms with Crippen LogP contribution in [0.2, 0.25) is 0 Å². The van der Waals surface area contributed by atoms with Gasteiger partial charge in [-0.1, -0.05) is 198 Å². The van der Waals surface area contributed by atoms with Crippen LogP contribution in [0, 0.1) is 0 Å². The summed E-state index contributed by atoms with van der Waals surface area (Å²) >= 11 is 0. The van der Waals surface area contributed by atoms with Gasteiger partial charge in [0.05, 0.1) is 0 Å². The minimum atomic E-state index is -0.783. The highest BCUT2D eigenvalue weighted by Gasteiger charge is 2.19. The van der Waals surface area contributed by atoms with Crippen LogP contribution in [0.5, 0.6) is 0 Å². The molecule has 0 bridgehead atoms. The summed E-state index contributed by atoms with van der Waals surface area (Å²) in [7, 11) is 0. The van der Waals surface area contributed by atoms with E-state index in [1.165, 1.54) is 122 Å². The number of hydrogen-bond acceptors (Lipinski definition) is 6. The van der Waals surface area contributed by atoms with Gasteiger partial charge in [-0.3, -0.25) is 14.4 Å². The van der Waals surface area contributed by atoms with Gasteiger partial charge in [0.15, 0.2) is 6.10 Å². The van der Waals surface area contributed by atoms with Crippen molar-refractivity contribution in [3.05, 3.63) is 48.6 Å². The highest BCUT2D eigenvalue weighted by atomic mass is 16.6. The van der Waals surface area contributed by atoms with Gasteiger partial charge < -0.3 is 14.2 Å². The summed E-state index contributed by atoms with van der Waals surface area (Å²) in [4.78, 5) is 37.6. The zero-order valence-corrected chi connectivity index (χ0v) is 38.3. The SMILES string of the molecule is CC/C=C\C/C=C\C/C=C\CCCCCC(=O)OC(COC(=O)CCCCCCCC)COC(=O)CCCCCCCCCCC/C=C\CCCCCCCCCC. The van der Waals surface area contributed by atoms with Crippen molar-refractivity contribution < 1.29 is 28.6 Å². The van der Waals surface area contributed by atoms with Crippen LogP contribution in [0.1, 0.15) is 245 Å². The normalized spacial score (nSPS) is 12.4. The fourth-order valence-corrected chi connectivity index (χ4v) is 6.86. The molecule has 0 aliphatic heterocycles. The monoisotopic (exact) mass is 813 g/mol. The Hall–Kier alpha value is -2.63. The molecule has 336 valence electrons. The third-order valence-corrected chi connectivity index (χ3v) is 10.6. The number of carbonyl (C=O) groups excluding carboxylic acids is 3. The van der Waals surface area contributed by atoms with Gasteiger partial charge in [-0.2, -0.15) is 0 Å². The molecule has 58 heavy (non-hydrogen) atoms. The van der Waals surface area contributed by atoms with E-state index in [9.17, 15) is 14.4 Å². The van der Waals surface area contributed by atoms with E-state index < -0.39 is 6.10 Å². The third kappa shape index (κ3) is 44.5. The van der Waals surface area contributed by atoms with Crippen molar-refractivity contribution in [2.75, 3.05) is 13.2 Å². The summed E-state index contributed by atoms with van der Waals surface area (Å²) in [6.45, 7) is 6.44. The molecule has 1 atom stereocenters. The van der Waals surface area contributed by atoms with Crippen molar-refractivity contribution in [3.8, 4) is 0 Å². The van der Waals surface area contributed by atoms with Gasteiger partial charge in [0.2, 0.25) is 0 Å². The first-order valence-corrected chi connectivity index (χ1v) is 24.6. The Bertz CT molecular complexity index is 1030. The van der Waals surface area contributed by atoms with Crippen LogP contribution in [0.4, 0.5) is 0 Å². The first-order valence-electron chi connectivity index (χ1n) is 24.6. The van der Waals surface area contributed by atoms with Gasteiger partial charge in [0, 0.05) is 19.3 Å². The molecule has 1 unspecified atom stereocenters. The Morgan fingerprint density at radius 2 is 0.672 bits per heavy atom. The number of esters is 3. The molecule has 0 aliphatic rings. The summed E-state index contributed by atoms with van der Waals surface area (Å²) < 4.78 is 16.6. The smallest absolute Gasteiger partial charge is 0.306 e. The molecular formula is C52H92O6. The maximum atomic E-state index is 12.7. The fourth-order valence-electron chi connectivity index (χ4n) is 6.86. The first kappa shape index (κ1) is 55.4. The van der Waals surface area contributed by atoms with Gasteiger partial charge in [-0.05, 0) is 77.0 Å². The van der Waals surface area contributed by atoms with Crippen molar-refractivity contribution >= 4 is 17.9 Å². The molecule has 0 aromatic heterocycles. The quantitative estimate of drug-likeness (QED) is 0.0264. The molecule has 0 fully saturated rings. The van der Waals surface area contributed by atoms with Crippen LogP contribution in [0.3, 0.4) is 0 Å². The van der Waals surface area contributed by atoms with Crippen LogP contribution >= 0.6 is 0 Å². The molecule has 0 N–H and O–H groups in total. The Labute approximate surface area is 358 Å². The highest BCUT2D eigenvalue weighted by molar-refractivity contribution is 5.71. The van der Waals surface area contributed by atoms with E-state index >= 15 is 0 Å². The second-order valence-electron chi connectivity index (χ2n) is 16.3. The van der Waals surface area contributed by atoms with E-state index in [0.717, 1.165) is 83.5 Å². The zero-order chi connectivity index (χ0) is 42.3. The minimum absolute atomic E-state index is 0.0853. The number of hydrogen-bond donors (Lipinski definition) is 0. The number of carbonyl (C=O) groups is 3. The number of unbranched alkanes of at least 4 members (excludes halogenated alkanes) is 25. The Kier molecular flexibility index (Phi) is 44.9. The molecule has 0 aliphatic carbocycles. The molecule has 0 aromatic carbocycles. The van der Waals surface area contributed by atoms with Gasteiger partial charge >= 0.3 is 17.9 Å². The molecule has 6 heteroatoms. The largest absolute Gasteiger partial charge is 0.462 e. The number of allylic oxidation sites excluding steroid dienone is 8. The summed E-state index contributed by atoms with van der Waals surface area (Å²) in [5.74, 6) is -0.924. The summed E-state index contributed by atoms with van der Waals surface area (Å²) in [6.07, 6.45) is 55.6. The number of rotatable bonds is 44. The predicted molar refractivity (Wildman–Crippen MR) is 247 cm³/mol. The molecule has 0 rings (SSSR count). The Balaban J connectivity index is 4.19. The standard InChI is InChI=1S/C52H92O6/c1-4-7-10-13-16-18-20-22-23-24-25-26-27-28-29-31-32-34-36-39-42-45-51(54)57-48-49(47-56-50(53)44-41-38-15-12-9-6-3)58-52(55)46-43-40-37-35-33-30-21-19-17-14-11-8-5-2/h8,11,17,19,24-25,30,33,49H,4-7,9-10,12-16,18,20-23,26-29,31-32,34-48H2,1-3H3/b11-8-,19-17-,25-24-,33-30-. The lowest BCUT2D eigenvalue weighted by Crippen LogP contribution is -2.30. The van der Waals surface area contributed by atoms with E-state index in [-0.39, 0.29) is 31.1 Å². The van der Waals surface area contributed by atoms with Crippen molar-refractivity contribution in [3.63, 3.8) is 0 Å². The minimum Gasteiger partial charge on any atom is -0.462 e. The van der Waals surface area contributed by atoms with Crippen LogP contribution in [0.15, 0.2) is 48.6 Å². The third-order valence-electron chi connectivity index (χ3n) is 10.6. The summed E-state index contributed by atoms with van der Waals surface area (Å²) in [6, 6.07) is 0. The molecule has 0 saturated carbocycles. The lowest BCUT2D eigenvalue weighted by molar-refractivity contribution is -0.167. The Morgan fingerprint density at radius 3 is 1.09 bits per heavy atom. The Morgan fingerprint density at radius 1 is 0.362 bits per heavy atom. The first-order chi connectivity index (χ1) is 28.5. The second-order valence-corrected chi connectivity index (χ2v) is 16.3. The molecule has 0 spiro atoms. The maximum absolute atomic E-state index is 12.7. The lowest BCUT2D eigenvalue weighted by Gasteiger charge is -2.18. The van der Waals surface area contributed by atoms with E-state index in [4.69, 9.17) is 14.2 Å². The molecule has 0 amide bonds. The van der Waals surface area contributed by atoms with Gasteiger partial charge in [0.25, 0.3) is 0 Å².